The third-order valence-corrected chi connectivity index (χ3v) is 8.96. The van der Waals surface area contributed by atoms with Crippen LogP contribution >= 0.6 is 0 Å². The molecule has 5 aromatic rings. The van der Waals surface area contributed by atoms with Crippen molar-refractivity contribution in [3.05, 3.63) is 120 Å². The number of pyridine rings is 1. The molecule has 3 heterocycles. The molecule has 40 heavy (non-hydrogen) atoms. The van der Waals surface area contributed by atoms with E-state index in [1.807, 2.05) is 17.8 Å². The van der Waals surface area contributed by atoms with Gasteiger partial charge in [0.05, 0.1) is 5.69 Å². The van der Waals surface area contributed by atoms with E-state index in [2.05, 4.69) is 107 Å². The molecule has 1 aromatic heterocycles. The summed E-state index contributed by atoms with van der Waals surface area (Å²) in [5.41, 5.74) is 4.46. The number of carbonyl (C=O) groups is 1. The van der Waals surface area contributed by atoms with E-state index in [0.717, 1.165) is 43.7 Å². The van der Waals surface area contributed by atoms with Crippen LogP contribution in [-0.2, 0) is 7.05 Å². The minimum absolute atomic E-state index is 0.0896. The summed E-state index contributed by atoms with van der Waals surface area (Å²) in [7, 11) is 2.01. The molecule has 4 aromatic carbocycles. The van der Waals surface area contributed by atoms with Crippen LogP contribution in [0.25, 0.3) is 21.5 Å². The topological polar surface area (TPSA) is 27.4 Å². The molecule has 200 valence electrons. The first-order valence-electron chi connectivity index (χ1n) is 14.7. The largest absolute Gasteiger partial charge is 0.371 e. The van der Waals surface area contributed by atoms with Gasteiger partial charge < -0.3 is 9.80 Å². The number of likely N-dealkylation sites (tertiary alicyclic amines) is 1. The van der Waals surface area contributed by atoms with Crippen molar-refractivity contribution in [2.45, 2.75) is 37.6 Å². The summed E-state index contributed by atoms with van der Waals surface area (Å²) in [5.74, 6) is 0.250. The lowest BCUT2D eigenvalue weighted by molar-refractivity contribution is -0.671. The molecule has 4 heteroatoms. The van der Waals surface area contributed by atoms with Gasteiger partial charge in [0.15, 0.2) is 12.4 Å². The van der Waals surface area contributed by atoms with Crippen LogP contribution in [0.1, 0.15) is 53.1 Å². The van der Waals surface area contributed by atoms with Gasteiger partial charge in [-0.2, -0.15) is 0 Å². The van der Waals surface area contributed by atoms with Crippen molar-refractivity contribution < 1.29 is 9.36 Å². The summed E-state index contributed by atoms with van der Waals surface area (Å²) in [5, 5.41) is 4.98. The van der Waals surface area contributed by atoms with Gasteiger partial charge in [-0.3, -0.25) is 4.79 Å². The number of fused-ring (bicyclic) bond motifs is 2. The molecule has 0 spiro atoms. The average Bonchev–Trinajstić information content (AvgIpc) is 3.70. The zero-order valence-electron chi connectivity index (χ0n) is 23.2. The second-order valence-corrected chi connectivity index (χ2v) is 11.5. The van der Waals surface area contributed by atoms with E-state index in [-0.39, 0.29) is 17.9 Å². The number of anilines is 1. The van der Waals surface area contributed by atoms with Crippen LogP contribution in [0, 0.1) is 0 Å². The van der Waals surface area contributed by atoms with Crippen LogP contribution in [0.5, 0.6) is 0 Å². The molecule has 0 saturated carbocycles. The maximum atomic E-state index is 14.5. The van der Waals surface area contributed by atoms with Crippen molar-refractivity contribution >= 4 is 33.1 Å². The highest BCUT2D eigenvalue weighted by Crippen LogP contribution is 2.40. The van der Waals surface area contributed by atoms with Crippen LogP contribution in [0.15, 0.2) is 103 Å². The molecule has 0 radical (unpaired) electrons. The summed E-state index contributed by atoms with van der Waals surface area (Å²) in [6.07, 6.45) is 8.49. The van der Waals surface area contributed by atoms with Gasteiger partial charge in [-0.05, 0) is 58.4 Å². The molecular formula is C36H36N3O+. The fourth-order valence-electron chi connectivity index (χ4n) is 6.97. The molecule has 1 atom stereocenters. The predicted octanol–water partition coefficient (Wildman–Crippen LogP) is 6.85. The van der Waals surface area contributed by atoms with Gasteiger partial charge in [0.1, 0.15) is 12.6 Å². The standard InChI is InChI=1S/C36H36N3O/c1-37-22-18-33(38-19-6-7-20-38)32(25-37)36(40)39-21-8-13-34(39)35(30-16-14-26-9-2-4-11-28(26)23-30)31-17-15-27-10-3-5-12-29(27)24-31/h2-5,9-12,14-18,22-25,34-35H,6-8,13,19-21H2,1H3/q+1/t34-/m0/s1. The Labute approximate surface area is 236 Å². The fraction of sp³-hybridized carbons (Fsp3) is 0.278. The minimum Gasteiger partial charge on any atom is -0.371 e. The Hall–Kier alpha value is -4.18. The highest BCUT2D eigenvalue weighted by Gasteiger charge is 2.38. The molecule has 0 N–H and O–H groups in total. The molecule has 4 nitrogen and oxygen atoms in total. The van der Waals surface area contributed by atoms with E-state index in [1.54, 1.807) is 0 Å². The molecule has 2 saturated heterocycles. The summed E-state index contributed by atoms with van der Waals surface area (Å²) < 4.78 is 2.02. The summed E-state index contributed by atoms with van der Waals surface area (Å²) in [4.78, 5) is 19.0. The predicted molar refractivity (Wildman–Crippen MR) is 163 cm³/mol. The third kappa shape index (κ3) is 4.52. The quantitative estimate of drug-likeness (QED) is 0.234. The van der Waals surface area contributed by atoms with Crippen LogP contribution < -0.4 is 9.47 Å². The molecular weight excluding hydrogens is 490 g/mol. The molecule has 2 aliphatic rings. The van der Waals surface area contributed by atoms with Crippen molar-refractivity contribution in [2.24, 2.45) is 7.05 Å². The Kier molecular flexibility index (Phi) is 6.47. The molecule has 1 amide bonds. The molecule has 0 aliphatic carbocycles. The molecule has 2 fully saturated rings. The van der Waals surface area contributed by atoms with Crippen molar-refractivity contribution in [2.75, 3.05) is 24.5 Å². The van der Waals surface area contributed by atoms with E-state index in [0.29, 0.717) is 0 Å². The summed E-state index contributed by atoms with van der Waals surface area (Å²) in [6, 6.07) is 33.1. The van der Waals surface area contributed by atoms with Gasteiger partial charge in [0.2, 0.25) is 0 Å². The first-order chi connectivity index (χ1) is 19.7. The Morgan fingerprint density at radius 1 is 0.750 bits per heavy atom. The van der Waals surface area contributed by atoms with Gasteiger partial charge >= 0.3 is 0 Å². The van der Waals surface area contributed by atoms with Gasteiger partial charge in [0, 0.05) is 37.7 Å². The van der Waals surface area contributed by atoms with Crippen molar-refractivity contribution in [1.82, 2.24) is 4.90 Å². The van der Waals surface area contributed by atoms with Crippen LogP contribution in [0.2, 0.25) is 0 Å². The van der Waals surface area contributed by atoms with Crippen molar-refractivity contribution in [3.8, 4) is 0 Å². The van der Waals surface area contributed by atoms with Gasteiger partial charge in [-0.1, -0.05) is 84.9 Å². The second kappa shape index (κ2) is 10.4. The maximum Gasteiger partial charge on any atom is 0.262 e. The van der Waals surface area contributed by atoms with E-state index in [4.69, 9.17) is 0 Å². The van der Waals surface area contributed by atoms with Crippen LogP contribution in [0.3, 0.4) is 0 Å². The zero-order valence-corrected chi connectivity index (χ0v) is 23.2. The lowest BCUT2D eigenvalue weighted by Crippen LogP contribution is -2.41. The number of benzene rings is 4. The Morgan fingerprint density at radius 3 is 1.98 bits per heavy atom. The van der Waals surface area contributed by atoms with E-state index in [9.17, 15) is 4.79 Å². The molecule has 0 bridgehead atoms. The number of aryl methyl sites for hydroxylation is 1. The smallest absolute Gasteiger partial charge is 0.262 e. The number of rotatable bonds is 5. The van der Waals surface area contributed by atoms with Crippen LogP contribution in [-0.4, -0.2) is 36.5 Å². The molecule has 2 aliphatic heterocycles. The Balaban J connectivity index is 1.33. The summed E-state index contributed by atoms with van der Waals surface area (Å²) >= 11 is 0. The van der Waals surface area contributed by atoms with E-state index < -0.39 is 0 Å². The van der Waals surface area contributed by atoms with E-state index >= 15 is 0 Å². The second-order valence-electron chi connectivity index (χ2n) is 11.5. The first kappa shape index (κ1) is 24.8. The molecule has 7 rings (SSSR count). The number of amides is 1. The zero-order chi connectivity index (χ0) is 27.1. The van der Waals surface area contributed by atoms with Crippen LogP contribution in [0.4, 0.5) is 5.69 Å². The number of hydrogen-bond donors (Lipinski definition) is 0. The Bertz CT molecular complexity index is 1620. The molecule has 0 unspecified atom stereocenters. The highest BCUT2D eigenvalue weighted by atomic mass is 16.2. The minimum atomic E-state index is 0.0896. The van der Waals surface area contributed by atoms with Crippen molar-refractivity contribution in [3.63, 3.8) is 0 Å². The fourth-order valence-corrected chi connectivity index (χ4v) is 6.97. The lowest BCUT2D eigenvalue weighted by Gasteiger charge is -2.33. The monoisotopic (exact) mass is 526 g/mol. The summed E-state index contributed by atoms with van der Waals surface area (Å²) in [6.45, 7) is 2.84. The lowest BCUT2D eigenvalue weighted by atomic mass is 9.82. The van der Waals surface area contributed by atoms with Gasteiger partial charge in [0.25, 0.3) is 5.91 Å². The normalized spacial score (nSPS) is 17.4. The number of hydrogen-bond acceptors (Lipinski definition) is 2. The van der Waals surface area contributed by atoms with Crippen molar-refractivity contribution in [1.29, 1.82) is 0 Å². The van der Waals surface area contributed by atoms with E-state index in [1.165, 1.54) is 45.5 Å². The SMILES string of the molecule is C[n+]1ccc(N2CCCC2)c(C(=O)N2CCC[C@H]2C(c2ccc3ccccc3c2)c2ccc3ccccc3c2)c1. The third-order valence-electron chi connectivity index (χ3n) is 8.96. The van der Waals surface area contributed by atoms with Gasteiger partial charge in [-0.15, -0.1) is 0 Å². The maximum absolute atomic E-state index is 14.5. The first-order valence-corrected chi connectivity index (χ1v) is 14.7. The number of nitrogens with zero attached hydrogens (tertiary/aromatic N) is 3. The number of aromatic nitrogens is 1. The number of carbonyl (C=O) groups excluding carboxylic acids is 1. The van der Waals surface area contributed by atoms with Gasteiger partial charge in [-0.25, -0.2) is 4.57 Å². The highest BCUT2D eigenvalue weighted by molar-refractivity contribution is 5.99. The average molecular weight is 527 g/mol. The Morgan fingerprint density at radius 2 is 1.35 bits per heavy atom.